The van der Waals surface area contributed by atoms with Gasteiger partial charge in [-0.3, -0.25) is 4.79 Å². The number of aryl methyl sites for hydroxylation is 2. The van der Waals surface area contributed by atoms with Gasteiger partial charge in [0.25, 0.3) is 0 Å². The summed E-state index contributed by atoms with van der Waals surface area (Å²) in [6, 6.07) is 6.24. The van der Waals surface area contributed by atoms with Crippen LogP contribution in [0, 0.1) is 13.8 Å². The average Bonchev–Trinajstić information content (AvgIpc) is 2.67. The van der Waals surface area contributed by atoms with Gasteiger partial charge in [-0.25, -0.2) is 0 Å². The van der Waals surface area contributed by atoms with Crippen LogP contribution in [0.25, 0.3) is 5.69 Å². The molecule has 0 bridgehead atoms. The number of carbonyl (C=O) groups excluding carboxylic acids is 1. The lowest BCUT2D eigenvalue weighted by Gasteiger charge is -2.19. The summed E-state index contributed by atoms with van der Waals surface area (Å²) in [5, 5.41) is 0. The number of benzene rings is 1. The lowest BCUT2D eigenvalue weighted by molar-refractivity contribution is 0.0972. The predicted molar refractivity (Wildman–Crippen MR) is 87.9 cm³/mol. The zero-order chi connectivity index (χ0) is 14.4. The number of aromatic nitrogens is 1. The maximum Gasteiger partial charge on any atom is 0.164 e. The topological polar surface area (TPSA) is 22.0 Å². The molecule has 1 heterocycles. The number of ketones is 1. The Bertz CT molecular complexity index is 693. The van der Waals surface area contributed by atoms with Gasteiger partial charge >= 0.3 is 0 Å². The minimum Gasteiger partial charge on any atom is -0.315 e. The number of rotatable bonds is 1. The van der Waals surface area contributed by atoms with Crippen molar-refractivity contribution in [2.75, 3.05) is 0 Å². The Morgan fingerprint density at radius 3 is 2.35 bits per heavy atom. The molecule has 0 aliphatic heterocycles. The molecular formula is C16H15Br2NO. The second-order valence-corrected chi connectivity index (χ2v) is 7.04. The van der Waals surface area contributed by atoms with Gasteiger partial charge in [-0.1, -0.05) is 0 Å². The SMILES string of the molecule is Cc1cc(Br)c(-n2c(C)cc3c2CCCC3=O)c(Br)c1. The molecule has 1 aromatic carbocycles. The van der Waals surface area contributed by atoms with Crippen LogP contribution in [0.15, 0.2) is 27.1 Å². The molecule has 1 aromatic heterocycles. The Morgan fingerprint density at radius 1 is 1.05 bits per heavy atom. The van der Waals surface area contributed by atoms with Crippen molar-refractivity contribution in [3.63, 3.8) is 0 Å². The molecule has 0 fully saturated rings. The highest BCUT2D eigenvalue weighted by molar-refractivity contribution is 9.11. The molecule has 0 N–H and O–H groups in total. The minimum atomic E-state index is 0.271. The highest BCUT2D eigenvalue weighted by Crippen LogP contribution is 2.36. The van der Waals surface area contributed by atoms with E-state index >= 15 is 0 Å². The zero-order valence-electron chi connectivity index (χ0n) is 11.5. The predicted octanol–water partition coefficient (Wildman–Crippen LogP) is 5.14. The highest BCUT2D eigenvalue weighted by Gasteiger charge is 2.24. The third-order valence-electron chi connectivity index (χ3n) is 3.79. The molecule has 0 atom stereocenters. The van der Waals surface area contributed by atoms with Crippen LogP contribution in [0.4, 0.5) is 0 Å². The molecule has 1 aliphatic rings. The number of hydrogen-bond acceptors (Lipinski definition) is 1. The van der Waals surface area contributed by atoms with Gasteiger partial charge in [0.15, 0.2) is 5.78 Å². The van der Waals surface area contributed by atoms with Gasteiger partial charge in [-0.15, -0.1) is 0 Å². The van der Waals surface area contributed by atoms with Crippen LogP contribution < -0.4 is 0 Å². The molecule has 104 valence electrons. The summed E-state index contributed by atoms with van der Waals surface area (Å²) in [7, 11) is 0. The molecule has 2 aromatic rings. The van der Waals surface area contributed by atoms with Crippen molar-refractivity contribution < 1.29 is 4.79 Å². The summed E-state index contributed by atoms with van der Waals surface area (Å²) in [4.78, 5) is 12.1. The van der Waals surface area contributed by atoms with E-state index < -0.39 is 0 Å². The zero-order valence-corrected chi connectivity index (χ0v) is 14.6. The van der Waals surface area contributed by atoms with E-state index in [1.165, 1.54) is 5.56 Å². The summed E-state index contributed by atoms with van der Waals surface area (Å²) in [5.41, 5.74) is 5.43. The molecule has 0 spiro atoms. The molecule has 0 amide bonds. The Kier molecular flexibility index (Phi) is 3.63. The third-order valence-corrected chi connectivity index (χ3v) is 5.00. The molecule has 0 saturated heterocycles. The molecule has 2 nitrogen and oxygen atoms in total. The first-order valence-corrected chi connectivity index (χ1v) is 8.28. The maximum absolute atomic E-state index is 12.1. The van der Waals surface area contributed by atoms with Crippen molar-refractivity contribution >= 4 is 37.6 Å². The number of carbonyl (C=O) groups is 1. The normalized spacial score (nSPS) is 14.5. The van der Waals surface area contributed by atoms with Crippen LogP contribution in [-0.2, 0) is 6.42 Å². The van der Waals surface area contributed by atoms with Crippen LogP contribution >= 0.6 is 31.9 Å². The summed E-state index contributed by atoms with van der Waals surface area (Å²) in [5.74, 6) is 0.271. The van der Waals surface area contributed by atoms with Crippen molar-refractivity contribution in [3.05, 3.63) is 49.7 Å². The first kappa shape index (κ1) is 14.1. The van der Waals surface area contributed by atoms with Crippen LogP contribution in [0.1, 0.15) is 40.2 Å². The highest BCUT2D eigenvalue weighted by atomic mass is 79.9. The first-order valence-electron chi connectivity index (χ1n) is 6.69. The van der Waals surface area contributed by atoms with Gasteiger partial charge in [0.1, 0.15) is 0 Å². The lowest BCUT2D eigenvalue weighted by Crippen LogP contribution is -2.13. The summed E-state index contributed by atoms with van der Waals surface area (Å²) < 4.78 is 4.30. The van der Waals surface area contributed by atoms with Crippen molar-refractivity contribution in [1.82, 2.24) is 4.57 Å². The maximum atomic E-state index is 12.1. The average molecular weight is 397 g/mol. The molecule has 3 rings (SSSR count). The summed E-state index contributed by atoms with van der Waals surface area (Å²) >= 11 is 7.32. The van der Waals surface area contributed by atoms with Gasteiger partial charge < -0.3 is 4.57 Å². The fourth-order valence-corrected chi connectivity index (χ4v) is 4.72. The van der Waals surface area contributed by atoms with E-state index in [2.05, 4.69) is 62.4 Å². The second kappa shape index (κ2) is 5.15. The van der Waals surface area contributed by atoms with E-state index in [9.17, 15) is 4.79 Å². The number of halogens is 2. The van der Waals surface area contributed by atoms with Crippen LogP contribution in [0.5, 0.6) is 0 Å². The van der Waals surface area contributed by atoms with E-state index in [0.29, 0.717) is 6.42 Å². The quantitative estimate of drug-likeness (QED) is 0.654. The van der Waals surface area contributed by atoms with Crippen molar-refractivity contribution in [2.45, 2.75) is 33.1 Å². The smallest absolute Gasteiger partial charge is 0.164 e. The standard InChI is InChI=1S/C16H15Br2NO/c1-9-6-12(17)16(13(18)7-9)19-10(2)8-11-14(19)4-3-5-15(11)20/h6-8H,3-5H2,1-2H3. The van der Waals surface area contributed by atoms with E-state index in [4.69, 9.17) is 0 Å². The van der Waals surface area contributed by atoms with Gasteiger partial charge in [-0.05, 0) is 82.3 Å². The van der Waals surface area contributed by atoms with Crippen LogP contribution in [0.3, 0.4) is 0 Å². The molecule has 1 aliphatic carbocycles. The van der Waals surface area contributed by atoms with E-state index in [1.54, 1.807) is 0 Å². The monoisotopic (exact) mass is 395 g/mol. The van der Waals surface area contributed by atoms with Crippen LogP contribution in [0.2, 0.25) is 0 Å². The fourth-order valence-electron chi connectivity index (χ4n) is 2.95. The first-order chi connectivity index (χ1) is 9.49. The number of Topliss-reactive ketones (excluding diaryl/α,β-unsaturated/α-hetero) is 1. The van der Waals surface area contributed by atoms with Crippen LogP contribution in [-0.4, -0.2) is 10.4 Å². The third kappa shape index (κ3) is 2.19. The summed E-state index contributed by atoms with van der Waals surface area (Å²) in [6.07, 6.45) is 2.57. The van der Waals surface area contributed by atoms with E-state index in [1.807, 2.05) is 6.07 Å². The molecular weight excluding hydrogens is 382 g/mol. The second-order valence-electron chi connectivity index (χ2n) is 5.34. The van der Waals surface area contributed by atoms with Gasteiger partial charge in [0, 0.05) is 32.3 Å². The van der Waals surface area contributed by atoms with Gasteiger partial charge in [0.05, 0.1) is 5.69 Å². The number of nitrogens with zero attached hydrogens (tertiary/aromatic N) is 1. The lowest BCUT2D eigenvalue weighted by atomic mass is 9.96. The molecule has 0 radical (unpaired) electrons. The molecule has 0 unspecified atom stereocenters. The molecule has 20 heavy (non-hydrogen) atoms. The van der Waals surface area contributed by atoms with Crippen molar-refractivity contribution in [2.24, 2.45) is 0 Å². The number of fused-ring (bicyclic) bond motifs is 1. The van der Waals surface area contributed by atoms with E-state index in [-0.39, 0.29) is 5.78 Å². The van der Waals surface area contributed by atoms with Crippen molar-refractivity contribution in [3.8, 4) is 5.69 Å². The van der Waals surface area contributed by atoms with Crippen molar-refractivity contribution in [1.29, 1.82) is 0 Å². The molecule has 0 saturated carbocycles. The van der Waals surface area contributed by atoms with Gasteiger partial charge in [0.2, 0.25) is 0 Å². The Labute approximate surface area is 135 Å². The Hall–Kier alpha value is -0.870. The van der Waals surface area contributed by atoms with Gasteiger partial charge in [-0.2, -0.15) is 0 Å². The fraction of sp³-hybridized carbons (Fsp3) is 0.312. The Morgan fingerprint density at radius 2 is 1.70 bits per heavy atom. The minimum absolute atomic E-state index is 0.271. The molecule has 4 heteroatoms. The number of hydrogen-bond donors (Lipinski definition) is 0. The van der Waals surface area contributed by atoms with E-state index in [0.717, 1.165) is 44.4 Å². The largest absolute Gasteiger partial charge is 0.315 e. The Balaban J connectivity index is 2.29. The summed E-state index contributed by atoms with van der Waals surface area (Å²) in [6.45, 7) is 4.13.